The van der Waals surface area contributed by atoms with Crippen LogP contribution in [0.5, 0.6) is 0 Å². The molecule has 0 aliphatic carbocycles. The minimum absolute atomic E-state index is 0.103. The van der Waals surface area contributed by atoms with Gasteiger partial charge in [0, 0.05) is 31.9 Å². The Morgan fingerprint density at radius 1 is 1.10 bits per heavy atom. The molecule has 0 spiro atoms. The van der Waals surface area contributed by atoms with Crippen molar-refractivity contribution in [1.29, 1.82) is 0 Å². The number of hydrogen-bond donors (Lipinski definition) is 0. The molecule has 1 saturated heterocycles. The molecule has 2 aliphatic rings. The molecule has 0 saturated carbocycles. The zero-order valence-corrected chi connectivity index (χ0v) is 17.4. The van der Waals surface area contributed by atoms with Gasteiger partial charge in [0.2, 0.25) is 0 Å². The SMILES string of the molecule is Cc1cccc(N2CCN(C(=O)c3nnn4c3COC(c3ccc(F)cc3)C4)CC2)c1. The molecule has 0 bridgehead atoms. The van der Waals surface area contributed by atoms with Gasteiger partial charge in [-0.2, -0.15) is 0 Å². The van der Waals surface area contributed by atoms with Gasteiger partial charge in [0.15, 0.2) is 5.69 Å². The molecule has 1 amide bonds. The number of aromatic nitrogens is 3. The van der Waals surface area contributed by atoms with E-state index in [1.165, 1.54) is 23.4 Å². The number of carbonyl (C=O) groups excluding carboxylic acids is 1. The molecule has 160 valence electrons. The van der Waals surface area contributed by atoms with E-state index in [0.717, 1.165) is 18.7 Å². The largest absolute Gasteiger partial charge is 0.368 e. The van der Waals surface area contributed by atoms with E-state index in [0.29, 0.717) is 31.0 Å². The van der Waals surface area contributed by atoms with E-state index < -0.39 is 0 Å². The lowest BCUT2D eigenvalue weighted by Gasteiger charge is -2.36. The molecule has 1 aromatic heterocycles. The number of rotatable bonds is 3. The average Bonchev–Trinajstić information content (AvgIpc) is 3.22. The Labute approximate surface area is 180 Å². The number of amides is 1. The highest BCUT2D eigenvalue weighted by Crippen LogP contribution is 2.28. The monoisotopic (exact) mass is 421 g/mol. The van der Waals surface area contributed by atoms with Gasteiger partial charge in [-0.1, -0.05) is 29.5 Å². The van der Waals surface area contributed by atoms with E-state index in [9.17, 15) is 9.18 Å². The fraction of sp³-hybridized carbons (Fsp3) is 0.348. The summed E-state index contributed by atoms with van der Waals surface area (Å²) in [5, 5.41) is 8.36. The van der Waals surface area contributed by atoms with Crippen LogP contribution in [0.25, 0.3) is 0 Å². The van der Waals surface area contributed by atoms with Crippen molar-refractivity contribution in [1.82, 2.24) is 19.9 Å². The summed E-state index contributed by atoms with van der Waals surface area (Å²) < 4.78 is 20.9. The zero-order valence-electron chi connectivity index (χ0n) is 17.4. The van der Waals surface area contributed by atoms with E-state index in [1.54, 1.807) is 16.8 Å². The first-order valence-electron chi connectivity index (χ1n) is 10.5. The van der Waals surface area contributed by atoms with Gasteiger partial charge in [-0.3, -0.25) is 4.79 Å². The van der Waals surface area contributed by atoms with Crippen LogP contribution in [0, 0.1) is 12.7 Å². The van der Waals surface area contributed by atoms with Crippen molar-refractivity contribution in [3.05, 3.63) is 76.9 Å². The number of carbonyl (C=O) groups is 1. The Hall–Kier alpha value is -3.26. The van der Waals surface area contributed by atoms with Crippen molar-refractivity contribution in [3.8, 4) is 0 Å². The Morgan fingerprint density at radius 2 is 1.87 bits per heavy atom. The van der Waals surface area contributed by atoms with E-state index >= 15 is 0 Å². The molecule has 0 radical (unpaired) electrons. The second-order valence-corrected chi connectivity index (χ2v) is 8.04. The second kappa shape index (κ2) is 8.11. The summed E-state index contributed by atoms with van der Waals surface area (Å²) in [5.74, 6) is -0.384. The highest BCUT2D eigenvalue weighted by molar-refractivity contribution is 5.93. The third kappa shape index (κ3) is 3.90. The summed E-state index contributed by atoms with van der Waals surface area (Å²) in [4.78, 5) is 17.2. The third-order valence-electron chi connectivity index (χ3n) is 5.98. The highest BCUT2D eigenvalue weighted by atomic mass is 19.1. The maximum atomic E-state index is 13.2. The molecule has 1 atom stereocenters. The van der Waals surface area contributed by atoms with E-state index in [-0.39, 0.29) is 24.4 Å². The fourth-order valence-electron chi connectivity index (χ4n) is 4.20. The highest BCUT2D eigenvalue weighted by Gasteiger charge is 2.31. The molecule has 0 N–H and O–H groups in total. The number of hydrogen-bond acceptors (Lipinski definition) is 5. The molecular weight excluding hydrogens is 397 g/mol. The molecule has 8 heteroatoms. The third-order valence-corrected chi connectivity index (χ3v) is 5.98. The molecule has 31 heavy (non-hydrogen) atoms. The lowest BCUT2D eigenvalue weighted by atomic mass is 10.1. The quantitative estimate of drug-likeness (QED) is 0.651. The van der Waals surface area contributed by atoms with Crippen LogP contribution in [0.2, 0.25) is 0 Å². The van der Waals surface area contributed by atoms with Crippen LogP contribution in [0.3, 0.4) is 0 Å². The molecule has 1 unspecified atom stereocenters. The minimum Gasteiger partial charge on any atom is -0.368 e. The molecule has 7 nitrogen and oxygen atoms in total. The van der Waals surface area contributed by atoms with Crippen LogP contribution in [-0.2, 0) is 17.9 Å². The predicted octanol–water partition coefficient (Wildman–Crippen LogP) is 2.96. The number of piperazine rings is 1. The fourth-order valence-corrected chi connectivity index (χ4v) is 4.20. The molecule has 3 aromatic rings. The number of halogens is 1. The Balaban J connectivity index is 1.25. The van der Waals surface area contributed by atoms with Gasteiger partial charge < -0.3 is 14.5 Å². The first-order chi connectivity index (χ1) is 15.1. The van der Waals surface area contributed by atoms with Gasteiger partial charge >= 0.3 is 0 Å². The van der Waals surface area contributed by atoms with Crippen LogP contribution in [0.15, 0.2) is 48.5 Å². The van der Waals surface area contributed by atoms with Gasteiger partial charge in [0.25, 0.3) is 5.91 Å². The zero-order chi connectivity index (χ0) is 21.4. The van der Waals surface area contributed by atoms with Crippen molar-refractivity contribution >= 4 is 11.6 Å². The number of anilines is 1. The average molecular weight is 421 g/mol. The Kier molecular flexibility index (Phi) is 5.15. The van der Waals surface area contributed by atoms with Crippen molar-refractivity contribution in [2.45, 2.75) is 26.2 Å². The summed E-state index contributed by atoms with van der Waals surface area (Å²) in [7, 11) is 0. The molecular formula is C23H24FN5O2. The van der Waals surface area contributed by atoms with E-state index in [2.05, 4.69) is 46.4 Å². The number of nitrogens with zero attached hydrogens (tertiary/aromatic N) is 5. The summed E-state index contributed by atoms with van der Waals surface area (Å²) in [5.41, 5.74) is 4.35. The summed E-state index contributed by atoms with van der Waals surface area (Å²) in [6.45, 7) is 5.61. The molecule has 2 aromatic carbocycles. The van der Waals surface area contributed by atoms with Gasteiger partial charge in [0.05, 0.1) is 18.8 Å². The summed E-state index contributed by atoms with van der Waals surface area (Å²) in [6.07, 6.45) is -0.240. The van der Waals surface area contributed by atoms with Crippen molar-refractivity contribution in [3.63, 3.8) is 0 Å². The molecule has 3 heterocycles. The van der Waals surface area contributed by atoms with Crippen LogP contribution in [0.1, 0.15) is 33.4 Å². The lowest BCUT2D eigenvalue weighted by molar-refractivity contribution is -0.00199. The maximum Gasteiger partial charge on any atom is 0.276 e. The topological polar surface area (TPSA) is 63.5 Å². The predicted molar refractivity (Wildman–Crippen MR) is 113 cm³/mol. The Bertz CT molecular complexity index is 1090. The number of ether oxygens (including phenoxy) is 1. The number of aryl methyl sites for hydroxylation is 1. The normalized spacial score (nSPS) is 18.7. The lowest BCUT2D eigenvalue weighted by Crippen LogP contribution is -2.49. The van der Waals surface area contributed by atoms with Gasteiger partial charge in [-0.05, 0) is 42.3 Å². The van der Waals surface area contributed by atoms with Gasteiger partial charge in [-0.15, -0.1) is 5.10 Å². The summed E-state index contributed by atoms with van der Waals surface area (Å²) in [6, 6.07) is 14.7. The number of fused-ring (bicyclic) bond motifs is 1. The van der Waals surface area contributed by atoms with E-state index in [4.69, 9.17) is 4.74 Å². The molecule has 1 fully saturated rings. The number of benzene rings is 2. The van der Waals surface area contributed by atoms with Crippen molar-refractivity contribution < 1.29 is 13.9 Å². The van der Waals surface area contributed by atoms with Gasteiger partial charge in [0.1, 0.15) is 11.9 Å². The minimum atomic E-state index is -0.281. The van der Waals surface area contributed by atoms with Crippen LogP contribution < -0.4 is 4.90 Å². The molecule has 2 aliphatic heterocycles. The van der Waals surface area contributed by atoms with Gasteiger partial charge in [-0.25, -0.2) is 9.07 Å². The molecule has 5 rings (SSSR count). The van der Waals surface area contributed by atoms with E-state index in [1.807, 2.05) is 4.90 Å². The summed E-state index contributed by atoms with van der Waals surface area (Å²) >= 11 is 0. The van der Waals surface area contributed by atoms with Crippen LogP contribution in [-0.4, -0.2) is 52.0 Å². The van der Waals surface area contributed by atoms with Crippen LogP contribution >= 0.6 is 0 Å². The standard InChI is InChI=1S/C23H24FN5O2/c1-16-3-2-4-19(13-16)27-9-11-28(12-10-27)23(30)22-20-15-31-21(14-29(20)26-25-22)17-5-7-18(24)8-6-17/h2-8,13,21H,9-12,14-15H2,1H3. The smallest absolute Gasteiger partial charge is 0.276 e. The Morgan fingerprint density at radius 3 is 2.61 bits per heavy atom. The van der Waals surface area contributed by atoms with Crippen molar-refractivity contribution in [2.75, 3.05) is 31.1 Å². The first kappa shape index (κ1) is 19.7. The van der Waals surface area contributed by atoms with Crippen LogP contribution in [0.4, 0.5) is 10.1 Å². The van der Waals surface area contributed by atoms with Crippen molar-refractivity contribution in [2.24, 2.45) is 0 Å². The maximum absolute atomic E-state index is 13.2. The first-order valence-corrected chi connectivity index (χ1v) is 10.5. The second-order valence-electron chi connectivity index (χ2n) is 8.04.